The topological polar surface area (TPSA) is 26.3 Å². The first-order valence-electron chi connectivity index (χ1n) is 22.9. The lowest BCUT2D eigenvalue weighted by Crippen LogP contribution is -1.95. The van der Waals surface area contributed by atoms with Crippen molar-refractivity contribution in [3.05, 3.63) is 0 Å². The quantitative estimate of drug-likeness (QED) is 0.258. The second-order valence-electron chi connectivity index (χ2n) is 15.8. The van der Waals surface area contributed by atoms with Gasteiger partial charge in [-0.1, -0.05) is 270 Å². The van der Waals surface area contributed by atoms with E-state index in [0.29, 0.717) is 6.61 Å². The van der Waals surface area contributed by atoms with Gasteiger partial charge in [-0.05, 0) is 6.92 Å². The lowest BCUT2D eigenvalue weighted by Gasteiger charge is -2.05. The number of esters is 1. The Morgan fingerprint density at radius 3 is 0.375 bits per heavy atom. The van der Waals surface area contributed by atoms with Crippen molar-refractivity contribution in [3.8, 4) is 0 Å². The number of carbonyl (C=O) groups excluding carboxylic acids is 1. The molecule has 288 valence electrons. The minimum atomic E-state index is -0.211. The Hall–Kier alpha value is -0.530. The highest BCUT2D eigenvalue weighted by atomic mass is 16.5. The fraction of sp³-hybridized carbons (Fsp3) is 0.978. The summed E-state index contributed by atoms with van der Waals surface area (Å²) in [5, 5.41) is 0. The third-order valence-electron chi connectivity index (χ3n) is 10.8. The highest BCUT2D eigenvalue weighted by molar-refractivity contribution is 5.65. The summed E-state index contributed by atoms with van der Waals surface area (Å²) < 4.78 is 4.40. The first-order chi connectivity index (χ1) is 23.8. The van der Waals surface area contributed by atoms with E-state index in [4.69, 9.17) is 0 Å². The van der Waals surface area contributed by atoms with E-state index in [2.05, 4.69) is 4.74 Å². The van der Waals surface area contributed by atoms with Crippen LogP contribution >= 0.6 is 0 Å². The number of rotatable bonds is 1. The summed E-state index contributed by atoms with van der Waals surface area (Å²) in [4.78, 5) is 9.82. The van der Waals surface area contributed by atoms with Crippen LogP contribution in [0.5, 0.6) is 0 Å². The largest absolute Gasteiger partial charge is 0.466 e. The highest BCUT2D eigenvalue weighted by Gasteiger charge is 1.99. The molecule has 0 N–H and O–H groups in total. The number of carbonyl (C=O) groups is 1. The molecule has 0 spiro atoms. The van der Waals surface area contributed by atoms with Gasteiger partial charge in [-0.15, -0.1) is 0 Å². The fourth-order valence-electron chi connectivity index (χ4n) is 7.63. The highest BCUT2D eigenvalue weighted by Crippen LogP contribution is 2.18. The van der Waals surface area contributed by atoms with Gasteiger partial charge in [0.2, 0.25) is 0 Å². The van der Waals surface area contributed by atoms with Gasteiger partial charge in [-0.2, -0.15) is 0 Å². The zero-order valence-corrected chi connectivity index (χ0v) is 33.7. The molecule has 7 aliphatic carbocycles. The maximum atomic E-state index is 9.82. The Morgan fingerprint density at radius 1 is 0.271 bits per heavy atom. The maximum absolute atomic E-state index is 9.82. The summed E-state index contributed by atoms with van der Waals surface area (Å²) in [6.07, 6.45) is 63.0. The van der Waals surface area contributed by atoms with Crippen molar-refractivity contribution >= 4 is 5.97 Å². The summed E-state index contributed by atoms with van der Waals surface area (Å²) in [5.74, 6) is -0.211. The van der Waals surface area contributed by atoms with Crippen LogP contribution in [0.2, 0.25) is 0 Å². The first-order valence-corrected chi connectivity index (χ1v) is 22.9. The van der Waals surface area contributed by atoms with Gasteiger partial charge in [0.15, 0.2) is 0 Å². The molecule has 0 amide bonds. The summed E-state index contributed by atoms with van der Waals surface area (Å²) in [7, 11) is 0. The van der Waals surface area contributed by atoms with E-state index in [0.717, 1.165) is 0 Å². The molecule has 0 saturated heterocycles. The number of ether oxygens (including phenoxy) is 1. The van der Waals surface area contributed by atoms with Gasteiger partial charge >= 0.3 is 5.97 Å². The van der Waals surface area contributed by atoms with Gasteiger partial charge in [0, 0.05) is 6.92 Å². The van der Waals surface area contributed by atoms with E-state index in [-0.39, 0.29) is 5.97 Å². The molecular formula is C46H92O2. The predicted octanol–water partition coefficient (Wildman–Crippen LogP) is 17.0. The smallest absolute Gasteiger partial charge is 0.302 e. The fourth-order valence-corrected chi connectivity index (χ4v) is 7.63. The second-order valence-corrected chi connectivity index (χ2v) is 15.8. The Balaban J connectivity index is 0.000000526. The Morgan fingerprint density at radius 2 is 0.354 bits per heavy atom. The lowest BCUT2D eigenvalue weighted by molar-refractivity contribution is -0.140. The van der Waals surface area contributed by atoms with E-state index < -0.39 is 0 Å². The van der Waals surface area contributed by atoms with Crippen molar-refractivity contribution in [2.45, 2.75) is 284 Å². The van der Waals surface area contributed by atoms with E-state index in [9.17, 15) is 4.79 Å². The molecule has 0 aromatic carbocycles. The average Bonchev–Trinajstić information content (AvgIpc) is 3.21. The van der Waals surface area contributed by atoms with E-state index >= 15 is 0 Å². The molecule has 7 aliphatic rings. The second kappa shape index (κ2) is 44.5. The molecule has 2 heteroatoms. The summed E-state index contributed by atoms with van der Waals surface area (Å²) in [5.41, 5.74) is 0. The number of hydrogen-bond donors (Lipinski definition) is 0. The normalized spacial score (nSPS) is 22.0. The van der Waals surface area contributed by atoms with Crippen molar-refractivity contribution in [1.29, 1.82) is 0 Å². The molecule has 0 aliphatic heterocycles. The zero-order valence-electron chi connectivity index (χ0n) is 33.7. The van der Waals surface area contributed by atoms with Crippen LogP contribution in [0.15, 0.2) is 0 Å². The Bertz CT molecular complexity index is 346. The van der Waals surface area contributed by atoms with Crippen molar-refractivity contribution < 1.29 is 9.53 Å². The van der Waals surface area contributed by atoms with Crippen LogP contribution < -0.4 is 0 Å². The molecule has 0 radical (unpaired) electrons. The zero-order chi connectivity index (χ0) is 34.7. The van der Waals surface area contributed by atoms with Gasteiger partial charge in [-0.3, -0.25) is 4.79 Å². The van der Waals surface area contributed by atoms with Crippen molar-refractivity contribution in [2.24, 2.45) is 0 Å². The van der Waals surface area contributed by atoms with Crippen LogP contribution in [0.4, 0.5) is 0 Å². The molecule has 2 nitrogen and oxygen atoms in total. The molecule has 0 aromatic heterocycles. The molecule has 0 heterocycles. The third-order valence-corrected chi connectivity index (χ3v) is 10.8. The summed E-state index contributed by atoms with van der Waals surface area (Å²) >= 11 is 0. The Labute approximate surface area is 304 Å². The van der Waals surface area contributed by atoms with Crippen molar-refractivity contribution in [3.63, 3.8) is 0 Å². The molecule has 7 rings (SSSR count). The van der Waals surface area contributed by atoms with Crippen LogP contribution in [-0.4, -0.2) is 12.6 Å². The lowest BCUT2D eigenvalue weighted by atomic mass is 10.0. The minimum Gasteiger partial charge on any atom is -0.466 e. The SMILES string of the molecule is C1CCCCC1.C1CCCCC1.C1CCCCC1.C1CCCCC1.C1CCCCC1.C1CCCCC1.C1CCCCC1.CCOC(C)=O. The standard InChI is InChI=1S/7C6H12.C4H8O2/c7*1-2-4-6-5-3-1;1-3-6-4(2)5/h7*1-6H2;3H2,1-2H3. The van der Waals surface area contributed by atoms with Crippen molar-refractivity contribution in [1.82, 2.24) is 0 Å². The monoisotopic (exact) mass is 677 g/mol. The predicted molar refractivity (Wildman–Crippen MR) is 216 cm³/mol. The molecule has 0 unspecified atom stereocenters. The molecule has 7 saturated carbocycles. The van der Waals surface area contributed by atoms with Gasteiger partial charge in [0.05, 0.1) is 6.61 Å². The maximum Gasteiger partial charge on any atom is 0.302 e. The van der Waals surface area contributed by atoms with Gasteiger partial charge in [-0.25, -0.2) is 0 Å². The van der Waals surface area contributed by atoms with Crippen LogP contribution in [0.1, 0.15) is 284 Å². The van der Waals surface area contributed by atoms with Crippen LogP contribution in [0.25, 0.3) is 0 Å². The summed E-state index contributed by atoms with van der Waals surface area (Å²) in [6.45, 7) is 3.65. The molecular weight excluding hydrogens is 585 g/mol. The first kappa shape index (κ1) is 47.5. The molecule has 48 heavy (non-hydrogen) atoms. The number of hydrogen-bond acceptors (Lipinski definition) is 2. The molecule has 0 aromatic rings. The average molecular weight is 677 g/mol. The molecule has 0 bridgehead atoms. The van der Waals surface area contributed by atoms with E-state index in [1.54, 1.807) is 6.92 Å². The minimum absolute atomic E-state index is 0.211. The van der Waals surface area contributed by atoms with E-state index in [1.807, 2.05) is 0 Å². The third kappa shape index (κ3) is 45.5. The van der Waals surface area contributed by atoms with E-state index in [1.165, 1.54) is 277 Å². The summed E-state index contributed by atoms with van der Waals surface area (Å²) in [6, 6.07) is 0. The molecule has 0 atom stereocenters. The van der Waals surface area contributed by atoms with Crippen LogP contribution in [-0.2, 0) is 9.53 Å². The van der Waals surface area contributed by atoms with Gasteiger partial charge in [0.25, 0.3) is 0 Å². The van der Waals surface area contributed by atoms with Crippen LogP contribution in [0, 0.1) is 0 Å². The van der Waals surface area contributed by atoms with Gasteiger partial charge in [0.1, 0.15) is 0 Å². The molecule has 7 fully saturated rings. The van der Waals surface area contributed by atoms with Crippen molar-refractivity contribution in [2.75, 3.05) is 6.61 Å². The Kier molecular flexibility index (Phi) is 44.0. The van der Waals surface area contributed by atoms with Gasteiger partial charge < -0.3 is 4.74 Å². The van der Waals surface area contributed by atoms with Crippen LogP contribution in [0.3, 0.4) is 0 Å².